The van der Waals surface area contributed by atoms with Gasteiger partial charge in [-0.05, 0) is 37.0 Å². The number of carbonyl (C=O) groups excluding carboxylic acids is 1. The number of rotatable bonds is 3. The van der Waals surface area contributed by atoms with Crippen molar-refractivity contribution in [1.29, 1.82) is 0 Å². The number of ether oxygens (including phenoxy) is 1. The normalized spacial score (nSPS) is 20.4. The van der Waals surface area contributed by atoms with Crippen molar-refractivity contribution in [3.63, 3.8) is 0 Å². The Morgan fingerprint density at radius 3 is 2.88 bits per heavy atom. The minimum atomic E-state index is 0.216. The Kier molecular flexibility index (Phi) is 4.21. The Morgan fingerprint density at radius 2 is 2.24 bits per heavy atom. The monoisotopic (exact) mass is 296 g/mol. The molecule has 1 saturated carbocycles. The second kappa shape index (κ2) is 5.67. The first kappa shape index (κ1) is 12.6. The van der Waals surface area contributed by atoms with E-state index in [0.29, 0.717) is 5.78 Å². The second-order valence-corrected chi connectivity index (χ2v) is 5.42. The molecule has 0 radical (unpaired) electrons. The largest absolute Gasteiger partial charge is 0.497 e. The number of halogens is 1. The highest BCUT2D eigenvalue weighted by Crippen LogP contribution is 2.29. The van der Waals surface area contributed by atoms with Crippen LogP contribution >= 0.6 is 15.9 Å². The Hall–Kier alpha value is -0.830. The van der Waals surface area contributed by atoms with E-state index < -0.39 is 0 Å². The summed E-state index contributed by atoms with van der Waals surface area (Å²) in [4.78, 5) is 11.8. The van der Waals surface area contributed by atoms with Crippen LogP contribution < -0.4 is 4.74 Å². The van der Waals surface area contributed by atoms with Gasteiger partial charge in [0.1, 0.15) is 11.5 Å². The molecule has 0 N–H and O–H groups in total. The standard InChI is InChI=1S/C14H17BrO2/c1-17-12-7-6-10(13(15)9-12)8-11-4-2-3-5-14(11)16/h6-7,9,11H,2-5,8H2,1H3/t11-/m1/s1. The zero-order valence-corrected chi connectivity index (χ0v) is 11.6. The zero-order chi connectivity index (χ0) is 12.3. The smallest absolute Gasteiger partial charge is 0.136 e. The summed E-state index contributed by atoms with van der Waals surface area (Å²) in [5.41, 5.74) is 1.20. The van der Waals surface area contributed by atoms with E-state index in [1.54, 1.807) is 7.11 Å². The molecule has 3 heteroatoms. The van der Waals surface area contributed by atoms with Crippen molar-refractivity contribution < 1.29 is 9.53 Å². The molecule has 1 aromatic carbocycles. The maximum absolute atomic E-state index is 11.8. The quantitative estimate of drug-likeness (QED) is 0.849. The highest BCUT2D eigenvalue weighted by molar-refractivity contribution is 9.10. The summed E-state index contributed by atoms with van der Waals surface area (Å²) in [5, 5.41) is 0. The van der Waals surface area contributed by atoms with Gasteiger partial charge in [0.25, 0.3) is 0 Å². The third-order valence-corrected chi connectivity index (χ3v) is 4.15. The summed E-state index contributed by atoms with van der Waals surface area (Å²) in [6.07, 6.45) is 4.91. The summed E-state index contributed by atoms with van der Waals surface area (Å²) in [5.74, 6) is 1.49. The second-order valence-electron chi connectivity index (χ2n) is 4.57. The highest BCUT2D eigenvalue weighted by Gasteiger charge is 2.22. The molecule has 0 amide bonds. The molecule has 1 fully saturated rings. The predicted octanol–water partition coefficient (Wildman–Crippen LogP) is 3.76. The van der Waals surface area contributed by atoms with Gasteiger partial charge in [0, 0.05) is 16.8 Å². The first-order valence-electron chi connectivity index (χ1n) is 6.06. The SMILES string of the molecule is COc1ccc(C[C@H]2CCCCC2=O)c(Br)c1. The predicted molar refractivity (Wildman–Crippen MR) is 71.4 cm³/mol. The van der Waals surface area contributed by atoms with E-state index in [1.165, 1.54) is 12.0 Å². The fourth-order valence-electron chi connectivity index (χ4n) is 2.36. The summed E-state index contributed by atoms with van der Waals surface area (Å²) >= 11 is 3.54. The number of hydrogen-bond acceptors (Lipinski definition) is 2. The first-order valence-corrected chi connectivity index (χ1v) is 6.85. The molecule has 1 aliphatic carbocycles. The molecule has 0 aromatic heterocycles. The van der Waals surface area contributed by atoms with Gasteiger partial charge in [0.05, 0.1) is 7.11 Å². The molecule has 0 aliphatic heterocycles. The van der Waals surface area contributed by atoms with Crippen LogP contribution in [-0.2, 0) is 11.2 Å². The summed E-state index contributed by atoms with van der Waals surface area (Å²) in [7, 11) is 1.66. The van der Waals surface area contributed by atoms with E-state index in [1.807, 2.05) is 18.2 Å². The molecule has 0 spiro atoms. The third-order valence-electron chi connectivity index (χ3n) is 3.41. The van der Waals surface area contributed by atoms with Crippen LogP contribution in [0.1, 0.15) is 31.2 Å². The molecule has 2 rings (SSSR count). The Labute approximate surface area is 110 Å². The van der Waals surface area contributed by atoms with Crippen LogP contribution in [0.3, 0.4) is 0 Å². The van der Waals surface area contributed by atoms with Gasteiger partial charge in [-0.15, -0.1) is 0 Å². The molecular formula is C14H17BrO2. The molecule has 92 valence electrons. The summed E-state index contributed by atoms with van der Waals surface area (Å²) in [6.45, 7) is 0. The van der Waals surface area contributed by atoms with Crippen LogP contribution in [-0.4, -0.2) is 12.9 Å². The van der Waals surface area contributed by atoms with Gasteiger partial charge in [-0.25, -0.2) is 0 Å². The molecule has 0 saturated heterocycles. The van der Waals surface area contributed by atoms with Crippen LogP contribution in [0.5, 0.6) is 5.75 Å². The average Bonchev–Trinajstić information content (AvgIpc) is 2.34. The maximum atomic E-state index is 11.8. The topological polar surface area (TPSA) is 26.3 Å². The fraction of sp³-hybridized carbons (Fsp3) is 0.500. The Bertz CT molecular complexity index is 415. The van der Waals surface area contributed by atoms with Gasteiger partial charge in [-0.1, -0.05) is 28.4 Å². The molecule has 1 aromatic rings. The van der Waals surface area contributed by atoms with Crippen molar-refractivity contribution in [3.05, 3.63) is 28.2 Å². The van der Waals surface area contributed by atoms with Crippen LogP contribution in [0.15, 0.2) is 22.7 Å². The van der Waals surface area contributed by atoms with Crippen molar-refractivity contribution in [2.45, 2.75) is 32.1 Å². The van der Waals surface area contributed by atoms with Crippen molar-refractivity contribution in [2.75, 3.05) is 7.11 Å². The van der Waals surface area contributed by atoms with Crippen LogP contribution in [0.2, 0.25) is 0 Å². The number of benzene rings is 1. The van der Waals surface area contributed by atoms with E-state index in [4.69, 9.17) is 4.74 Å². The lowest BCUT2D eigenvalue weighted by atomic mass is 9.84. The van der Waals surface area contributed by atoms with Gasteiger partial charge >= 0.3 is 0 Å². The minimum absolute atomic E-state index is 0.216. The number of hydrogen-bond donors (Lipinski definition) is 0. The van der Waals surface area contributed by atoms with E-state index in [9.17, 15) is 4.79 Å². The molecule has 17 heavy (non-hydrogen) atoms. The zero-order valence-electron chi connectivity index (χ0n) is 10.0. The lowest BCUT2D eigenvalue weighted by Gasteiger charge is -2.21. The van der Waals surface area contributed by atoms with E-state index >= 15 is 0 Å². The molecule has 2 nitrogen and oxygen atoms in total. The number of ketones is 1. The van der Waals surface area contributed by atoms with Gasteiger partial charge in [0.2, 0.25) is 0 Å². The van der Waals surface area contributed by atoms with Crippen molar-refractivity contribution in [2.24, 2.45) is 5.92 Å². The van der Waals surface area contributed by atoms with E-state index in [-0.39, 0.29) is 5.92 Å². The Morgan fingerprint density at radius 1 is 1.41 bits per heavy atom. The van der Waals surface area contributed by atoms with E-state index in [2.05, 4.69) is 15.9 Å². The molecular weight excluding hydrogens is 280 g/mol. The van der Waals surface area contributed by atoms with Crippen LogP contribution in [0.25, 0.3) is 0 Å². The average molecular weight is 297 g/mol. The summed E-state index contributed by atoms with van der Waals surface area (Å²) < 4.78 is 6.20. The van der Waals surface area contributed by atoms with Crippen molar-refractivity contribution >= 4 is 21.7 Å². The molecule has 1 aliphatic rings. The highest BCUT2D eigenvalue weighted by atomic mass is 79.9. The number of carbonyl (C=O) groups is 1. The van der Waals surface area contributed by atoms with Crippen LogP contribution in [0.4, 0.5) is 0 Å². The lowest BCUT2D eigenvalue weighted by molar-refractivity contribution is -0.124. The first-order chi connectivity index (χ1) is 8.20. The lowest BCUT2D eigenvalue weighted by Crippen LogP contribution is -2.21. The van der Waals surface area contributed by atoms with Crippen molar-refractivity contribution in [1.82, 2.24) is 0 Å². The van der Waals surface area contributed by atoms with Gasteiger partial charge in [-0.3, -0.25) is 4.79 Å². The molecule has 1 atom stereocenters. The number of methoxy groups -OCH3 is 1. The van der Waals surface area contributed by atoms with Crippen molar-refractivity contribution in [3.8, 4) is 5.75 Å². The van der Waals surface area contributed by atoms with Gasteiger partial charge < -0.3 is 4.74 Å². The Balaban J connectivity index is 2.10. The fourth-order valence-corrected chi connectivity index (χ4v) is 2.88. The van der Waals surface area contributed by atoms with Gasteiger partial charge in [0.15, 0.2) is 0 Å². The van der Waals surface area contributed by atoms with Crippen LogP contribution in [0, 0.1) is 5.92 Å². The third kappa shape index (κ3) is 3.09. The summed E-state index contributed by atoms with van der Waals surface area (Å²) in [6, 6.07) is 5.96. The maximum Gasteiger partial charge on any atom is 0.136 e. The molecule has 0 unspecified atom stereocenters. The molecule has 0 bridgehead atoms. The number of Topliss-reactive ketones (excluding diaryl/α,β-unsaturated/α-hetero) is 1. The van der Waals surface area contributed by atoms with E-state index in [0.717, 1.165) is 35.9 Å². The molecule has 0 heterocycles. The minimum Gasteiger partial charge on any atom is -0.497 e. The van der Waals surface area contributed by atoms with Gasteiger partial charge in [-0.2, -0.15) is 0 Å².